The fraction of sp³-hybridized carbons (Fsp3) is 0.689. The van der Waals surface area contributed by atoms with Crippen molar-refractivity contribution >= 4 is 19.8 Å². The summed E-state index contributed by atoms with van der Waals surface area (Å²) in [5.41, 5.74) is 5.34. The average Bonchev–Trinajstić information content (AvgIpc) is 3.18. The summed E-state index contributed by atoms with van der Waals surface area (Å²) < 4.78 is 33.2. The van der Waals surface area contributed by atoms with Gasteiger partial charge in [0, 0.05) is 13.0 Å². The highest BCUT2D eigenvalue weighted by Gasteiger charge is 2.27. The van der Waals surface area contributed by atoms with Crippen molar-refractivity contribution in [1.29, 1.82) is 0 Å². The number of phosphoric acid groups is 1. The highest BCUT2D eigenvalue weighted by molar-refractivity contribution is 7.47. The summed E-state index contributed by atoms with van der Waals surface area (Å²) >= 11 is 0. The molecule has 0 saturated carbocycles. The van der Waals surface area contributed by atoms with Gasteiger partial charge in [0.25, 0.3) is 0 Å². The molecule has 0 aliphatic rings. The van der Waals surface area contributed by atoms with Gasteiger partial charge in [-0.15, -0.1) is 0 Å². The fourth-order valence-electron chi connectivity index (χ4n) is 5.43. The molecule has 0 aliphatic carbocycles. The number of esters is 1. The first kappa shape index (κ1) is 53.4. The van der Waals surface area contributed by atoms with E-state index in [1.54, 1.807) is 0 Å². The van der Waals surface area contributed by atoms with Crippen molar-refractivity contribution in [2.75, 3.05) is 26.4 Å². The van der Waals surface area contributed by atoms with Crippen LogP contribution in [0.4, 0.5) is 0 Å². The summed E-state index contributed by atoms with van der Waals surface area (Å²) in [7, 11) is -4.62. The van der Waals surface area contributed by atoms with Crippen molar-refractivity contribution in [2.24, 2.45) is 5.73 Å². The second-order valence-electron chi connectivity index (χ2n) is 14.1. The van der Waals surface area contributed by atoms with Crippen LogP contribution in [0.1, 0.15) is 162 Å². The lowest BCUT2D eigenvalue weighted by molar-refractivity contribution is -0.154. The minimum absolute atomic E-state index is 0.00109. The predicted molar refractivity (Wildman–Crippen MR) is 230 cm³/mol. The molecule has 0 amide bonds. The Morgan fingerprint density at radius 3 is 1.55 bits per heavy atom. The third-order valence-electron chi connectivity index (χ3n) is 8.75. The van der Waals surface area contributed by atoms with E-state index in [1.165, 1.54) is 38.5 Å². The Morgan fingerprint density at radius 2 is 1.04 bits per heavy atom. The smallest absolute Gasteiger partial charge is 0.472 e. The number of carbonyl (C=O) groups excluding carboxylic acids is 1. The number of hydrogen-bond donors (Lipinski definition) is 3. The molecule has 10 nitrogen and oxygen atoms in total. The zero-order valence-corrected chi connectivity index (χ0v) is 35.8. The van der Waals surface area contributed by atoms with Crippen molar-refractivity contribution < 1.29 is 42.7 Å². The molecule has 4 N–H and O–H groups in total. The van der Waals surface area contributed by atoms with E-state index in [4.69, 9.17) is 29.4 Å². The van der Waals surface area contributed by atoms with Crippen molar-refractivity contribution in [1.82, 2.24) is 0 Å². The standard InChI is InChI=1S/C45H78NO9P/c1-3-5-7-9-11-13-15-16-17-18-19-20-21-22-23-24-25-26-27-28-30-32-34-36-38-52-39-42(40-53-56(50,51)54-41-43(46)45(48)49)55-44(47)37-35-33-31-29-14-12-10-8-6-4-2/h5,7,11,13,16-17,19-20,22-23,25-26,42-43H,3-4,6,8-10,12,14-15,18,21,24,27-41,46H2,1-2H3,(H,48,49)(H,50,51)/b7-5-,13-11-,17-16-,20-19-,23-22-,26-25-. The van der Waals surface area contributed by atoms with Crippen LogP contribution in [-0.2, 0) is 32.7 Å². The van der Waals surface area contributed by atoms with Gasteiger partial charge in [0.1, 0.15) is 12.1 Å². The predicted octanol–water partition coefficient (Wildman–Crippen LogP) is 11.8. The van der Waals surface area contributed by atoms with Crippen LogP contribution in [0, 0.1) is 0 Å². The molecule has 0 bridgehead atoms. The molecule has 11 heteroatoms. The van der Waals surface area contributed by atoms with Gasteiger partial charge in [-0.2, -0.15) is 0 Å². The Hall–Kier alpha value is -2.59. The number of carboxylic acids is 1. The minimum Gasteiger partial charge on any atom is -0.480 e. The molecular weight excluding hydrogens is 729 g/mol. The quantitative estimate of drug-likeness (QED) is 0.0236. The van der Waals surface area contributed by atoms with Crippen LogP contribution >= 0.6 is 7.82 Å². The van der Waals surface area contributed by atoms with Gasteiger partial charge < -0.3 is 25.2 Å². The molecule has 0 aromatic carbocycles. The van der Waals surface area contributed by atoms with Gasteiger partial charge in [0.2, 0.25) is 0 Å². The fourth-order valence-corrected chi connectivity index (χ4v) is 6.21. The maximum Gasteiger partial charge on any atom is 0.472 e. The number of nitrogens with two attached hydrogens (primary N) is 1. The van der Waals surface area contributed by atoms with E-state index in [0.717, 1.165) is 96.3 Å². The highest BCUT2D eigenvalue weighted by Crippen LogP contribution is 2.43. The number of aliphatic carboxylic acids is 1. The molecule has 0 rings (SSSR count). The number of ether oxygens (including phenoxy) is 2. The molecule has 0 aromatic heterocycles. The van der Waals surface area contributed by atoms with Gasteiger partial charge in [0.15, 0.2) is 0 Å². The van der Waals surface area contributed by atoms with E-state index < -0.39 is 45.1 Å². The number of unbranched alkanes of at least 4 members (excludes halogenated alkanes) is 14. The van der Waals surface area contributed by atoms with Gasteiger partial charge in [-0.3, -0.25) is 18.6 Å². The molecular formula is C45H78NO9P. The molecule has 56 heavy (non-hydrogen) atoms. The van der Waals surface area contributed by atoms with Crippen molar-refractivity contribution in [2.45, 2.75) is 174 Å². The van der Waals surface area contributed by atoms with Crippen LogP contribution in [0.25, 0.3) is 0 Å². The second-order valence-corrected chi connectivity index (χ2v) is 15.5. The van der Waals surface area contributed by atoms with E-state index in [2.05, 4.69) is 86.8 Å². The van der Waals surface area contributed by atoms with Crippen molar-refractivity contribution in [3.8, 4) is 0 Å². The lowest BCUT2D eigenvalue weighted by Gasteiger charge is -2.20. The van der Waals surface area contributed by atoms with Gasteiger partial charge >= 0.3 is 19.8 Å². The molecule has 0 spiro atoms. The number of allylic oxidation sites excluding steroid dienone is 12. The average molecular weight is 808 g/mol. The van der Waals surface area contributed by atoms with E-state index >= 15 is 0 Å². The van der Waals surface area contributed by atoms with Gasteiger partial charge in [-0.1, -0.05) is 164 Å². The molecule has 0 heterocycles. The minimum atomic E-state index is -4.62. The lowest BCUT2D eigenvalue weighted by atomic mass is 10.1. The largest absolute Gasteiger partial charge is 0.480 e. The normalized spacial score (nSPS) is 14.6. The topological polar surface area (TPSA) is 155 Å². The number of phosphoric ester groups is 1. The van der Waals surface area contributed by atoms with E-state index in [0.29, 0.717) is 13.0 Å². The highest BCUT2D eigenvalue weighted by atomic mass is 31.2. The molecule has 0 radical (unpaired) electrons. The molecule has 0 aliphatic heterocycles. The van der Waals surface area contributed by atoms with Crippen LogP contribution in [0.2, 0.25) is 0 Å². The Labute approximate surface area is 340 Å². The number of hydrogen-bond acceptors (Lipinski definition) is 8. The molecule has 0 aromatic rings. The first-order chi connectivity index (χ1) is 27.2. The Bertz CT molecular complexity index is 1160. The van der Waals surface area contributed by atoms with Crippen LogP contribution in [-0.4, -0.2) is 60.5 Å². The maximum absolute atomic E-state index is 12.6. The van der Waals surface area contributed by atoms with E-state index in [-0.39, 0.29) is 13.0 Å². The molecule has 322 valence electrons. The first-order valence-corrected chi connectivity index (χ1v) is 23.0. The number of rotatable bonds is 40. The van der Waals surface area contributed by atoms with Gasteiger partial charge in [-0.25, -0.2) is 4.57 Å². The summed E-state index contributed by atoms with van der Waals surface area (Å²) in [5, 5.41) is 8.88. The molecule has 3 atom stereocenters. The van der Waals surface area contributed by atoms with Crippen molar-refractivity contribution in [3.63, 3.8) is 0 Å². The second kappa shape index (κ2) is 40.6. The summed E-state index contributed by atoms with van der Waals surface area (Å²) in [4.78, 5) is 33.4. The zero-order valence-electron chi connectivity index (χ0n) is 35.0. The van der Waals surface area contributed by atoms with Crippen LogP contribution in [0.5, 0.6) is 0 Å². The maximum atomic E-state index is 12.6. The monoisotopic (exact) mass is 808 g/mol. The van der Waals surface area contributed by atoms with Crippen molar-refractivity contribution in [3.05, 3.63) is 72.9 Å². The summed E-state index contributed by atoms with van der Waals surface area (Å²) in [6.45, 7) is 3.68. The van der Waals surface area contributed by atoms with E-state index in [1.807, 2.05) is 0 Å². The van der Waals surface area contributed by atoms with Crippen LogP contribution in [0.3, 0.4) is 0 Å². The van der Waals surface area contributed by atoms with Gasteiger partial charge in [-0.05, 0) is 64.2 Å². The summed E-state index contributed by atoms with van der Waals surface area (Å²) in [6.07, 6.45) is 49.6. The number of carbonyl (C=O) groups is 2. The lowest BCUT2D eigenvalue weighted by Crippen LogP contribution is -2.34. The third-order valence-corrected chi connectivity index (χ3v) is 9.70. The Kier molecular flexibility index (Phi) is 38.7. The third kappa shape index (κ3) is 39.6. The SMILES string of the molecule is CC/C=C\C/C=C\C/C=C\C/C=C\C/C=C\C/C=C\CCCCCCCOCC(COP(=O)(O)OCC(N)C(=O)O)OC(=O)CCCCCCCCCCCC. The molecule has 3 unspecified atom stereocenters. The Balaban J connectivity index is 4.22. The molecule has 0 saturated heterocycles. The summed E-state index contributed by atoms with van der Waals surface area (Å²) in [5.74, 6) is -1.79. The zero-order chi connectivity index (χ0) is 41.2. The van der Waals surface area contributed by atoms with Crippen LogP contribution in [0.15, 0.2) is 72.9 Å². The Morgan fingerprint density at radius 1 is 0.589 bits per heavy atom. The van der Waals surface area contributed by atoms with E-state index in [9.17, 15) is 19.0 Å². The van der Waals surface area contributed by atoms with Gasteiger partial charge in [0.05, 0.1) is 19.8 Å². The first-order valence-electron chi connectivity index (χ1n) is 21.5. The number of carboxylic acid groups (broad SMARTS) is 1. The summed E-state index contributed by atoms with van der Waals surface area (Å²) in [6, 6.07) is -1.48. The molecule has 0 fully saturated rings. The van der Waals surface area contributed by atoms with Crippen LogP contribution < -0.4 is 5.73 Å².